The van der Waals surface area contributed by atoms with Gasteiger partial charge in [-0.1, -0.05) is 30.7 Å². The molecule has 25 heavy (non-hydrogen) atoms. The monoisotopic (exact) mass is 341 g/mol. The maximum atomic E-state index is 13.2. The molecule has 3 rings (SSSR count). The second kappa shape index (κ2) is 7.47. The Kier molecular flexibility index (Phi) is 5.12. The van der Waals surface area contributed by atoms with Crippen LogP contribution >= 0.6 is 0 Å². The summed E-state index contributed by atoms with van der Waals surface area (Å²) in [5.74, 6) is -1.22. The van der Waals surface area contributed by atoms with Crippen molar-refractivity contribution >= 4 is 17.4 Å². The van der Waals surface area contributed by atoms with Crippen LogP contribution in [0, 0.1) is 5.82 Å². The molecule has 130 valence electrons. The van der Waals surface area contributed by atoms with Crippen LogP contribution in [0.2, 0.25) is 0 Å². The molecule has 1 atom stereocenters. The lowest BCUT2D eigenvalue weighted by molar-refractivity contribution is -0.121. The minimum absolute atomic E-state index is 0.133. The summed E-state index contributed by atoms with van der Waals surface area (Å²) in [6.07, 6.45) is 3.03. The fraction of sp³-hybridized carbons (Fsp3) is 0.300. The maximum absolute atomic E-state index is 13.2. The van der Waals surface area contributed by atoms with Gasteiger partial charge >= 0.3 is 5.97 Å². The Morgan fingerprint density at radius 1 is 1.12 bits per heavy atom. The Morgan fingerprint density at radius 3 is 2.52 bits per heavy atom. The molecule has 0 spiro atoms. The normalized spacial score (nSPS) is 17.3. The van der Waals surface area contributed by atoms with Gasteiger partial charge in [-0.15, -0.1) is 0 Å². The zero-order valence-electron chi connectivity index (χ0n) is 13.8. The van der Waals surface area contributed by atoms with Gasteiger partial charge in [0.1, 0.15) is 5.82 Å². The highest BCUT2D eigenvalue weighted by atomic mass is 19.1. The molecule has 2 aromatic rings. The summed E-state index contributed by atoms with van der Waals surface area (Å²) < 4.78 is 13.2. The van der Waals surface area contributed by atoms with E-state index in [-0.39, 0.29) is 23.2 Å². The lowest BCUT2D eigenvalue weighted by Crippen LogP contribution is -2.43. The van der Waals surface area contributed by atoms with Crippen molar-refractivity contribution < 1.29 is 19.1 Å². The number of carbonyl (C=O) groups excluding carboxylic acids is 1. The van der Waals surface area contributed by atoms with Gasteiger partial charge in [-0.05, 0) is 42.7 Å². The summed E-state index contributed by atoms with van der Waals surface area (Å²) in [4.78, 5) is 26.0. The summed E-state index contributed by atoms with van der Waals surface area (Å²) in [6.45, 7) is 0.362. The molecule has 1 saturated carbocycles. The number of hydrogen-bond donors (Lipinski definition) is 1. The van der Waals surface area contributed by atoms with Crippen molar-refractivity contribution in [1.29, 1.82) is 0 Å². The van der Waals surface area contributed by atoms with Gasteiger partial charge in [-0.2, -0.15) is 0 Å². The van der Waals surface area contributed by atoms with E-state index in [0.717, 1.165) is 18.4 Å². The van der Waals surface area contributed by atoms with Crippen molar-refractivity contribution in [3.05, 3.63) is 65.5 Å². The molecule has 0 aromatic heterocycles. The summed E-state index contributed by atoms with van der Waals surface area (Å²) >= 11 is 0. The van der Waals surface area contributed by atoms with E-state index in [0.29, 0.717) is 25.1 Å². The van der Waals surface area contributed by atoms with Gasteiger partial charge in [0.2, 0.25) is 0 Å². The van der Waals surface area contributed by atoms with Gasteiger partial charge in [0.15, 0.2) is 5.78 Å². The quantitative estimate of drug-likeness (QED) is 0.892. The average Bonchev–Trinajstić information content (AvgIpc) is 2.62. The molecule has 1 unspecified atom stereocenters. The summed E-state index contributed by atoms with van der Waals surface area (Å²) in [5.41, 5.74) is 1.53. The summed E-state index contributed by atoms with van der Waals surface area (Å²) in [5, 5.41) is 9.52. The van der Waals surface area contributed by atoms with Crippen molar-refractivity contribution in [2.45, 2.75) is 38.3 Å². The number of hydrogen-bond acceptors (Lipinski definition) is 3. The topological polar surface area (TPSA) is 57.6 Å². The molecule has 1 fully saturated rings. The SMILES string of the molecule is O=C(O)c1ccccc1N(Cc1ccc(F)cc1)C1CCCCC1=O. The highest BCUT2D eigenvalue weighted by molar-refractivity contribution is 5.96. The third-order valence-electron chi connectivity index (χ3n) is 4.61. The van der Waals surface area contributed by atoms with Gasteiger partial charge in [0.25, 0.3) is 0 Å². The molecule has 0 amide bonds. The minimum atomic E-state index is -1.03. The molecule has 0 heterocycles. The van der Waals surface area contributed by atoms with Crippen LogP contribution in [0.3, 0.4) is 0 Å². The average molecular weight is 341 g/mol. The van der Waals surface area contributed by atoms with Gasteiger partial charge < -0.3 is 10.0 Å². The molecule has 1 aliphatic carbocycles. The zero-order valence-corrected chi connectivity index (χ0v) is 13.8. The van der Waals surface area contributed by atoms with E-state index in [9.17, 15) is 19.1 Å². The number of benzene rings is 2. The number of para-hydroxylation sites is 1. The smallest absolute Gasteiger partial charge is 0.337 e. The van der Waals surface area contributed by atoms with Crippen LogP contribution in [-0.2, 0) is 11.3 Å². The van der Waals surface area contributed by atoms with Crippen LogP contribution in [-0.4, -0.2) is 22.9 Å². The van der Waals surface area contributed by atoms with E-state index in [1.165, 1.54) is 12.1 Å². The number of anilines is 1. The van der Waals surface area contributed by atoms with E-state index in [1.807, 2.05) is 4.90 Å². The Labute approximate surface area is 145 Å². The van der Waals surface area contributed by atoms with Crippen molar-refractivity contribution in [2.75, 3.05) is 4.90 Å². The standard InChI is InChI=1S/C20H20FNO3/c21-15-11-9-14(10-12-15)13-22(18-7-3-4-8-19(18)23)17-6-2-1-5-16(17)20(24)25/h1-2,5-6,9-12,18H,3-4,7-8,13H2,(H,24,25). The largest absolute Gasteiger partial charge is 0.478 e. The van der Waals surface area contributed by atoms with Crippen LogP contribution in [0.1, 0.15) is 41.6 Å². The summed E-state index contributed by atoms with van der Waals surface area (Å²) in [7, 11) is 0. The molecule has 0 bridgehead atoms. The molecular formula is C20H20FNO3. The zero-order chi connectivity index (χ0) is 17.8. The number of rotatable bonds is 5. The predicted molar refractivity (Wildman–Crippen MR) is 93.2 cm³/mol. The highest BCUT2D eigenvalue weighted by Gasteiger charge is 2.30. The van der Waals surface area contributed by atoms with E-state index in [4.69, 9.17) is 0 Å². The molecule has 5 heteroatoms. The van der Waals surface area contributed by atoms with Crippen LogP contribution < -0.4 is 4.90 Å². The van der Waals surface area contributed by atoms with Crippen molar-refractivity contribution in [2.24, 2.45) is 0 Å². The van der Waals surface area contributed by atoms with Gasteiger partial charge in [0, 0.05) is 13.0 Å². The van der Waals surface area contributed by atoms with Gasteiger partial charge in [0.05, 0.1) is 17.3 Å². The number of carboxylic acids is 1. The Bertz CT molecular complexity index is 773. The Hall–Kier alpha value is -2.69. The summed E-state index contributed by atoms with van der Waals surface area (Å²) in [6, 6.07) is 12.5. The predicted octanol–water partition coefficient (Wildman–Crippen LogP) is 4.04. The maximum Gasteiger partial charge on any atom is 0.337 e. The van der Waals surface area contributed by atoms with Crippen LogP contribution in [0.5, 0.6) is 0 Å². The van der Waals surface area contributed by atoms with E-state index >= 15 is 0 Å². The highest BCUT2D eigenvalue weighted by Crippen LogP contribution is 2.30. The first kappa shape index (κ1) is 17.1. The first-order valence-electron chi connectivity index (χ1n) is 8.42. The molecule has 2 aromatic carbocycles. The van der Waals surface area contributed by atoms with E-state index in [2.05, 4.69) is 0 Å². The molecule has 4 nitrogen and oxygen atoms in total. The number of aromatic carboxylic acids is 1. The third kappa shape index (κ3) is 3.87. The molecule has 0 radical (unpaired) electrons. The van der Waals surface area contributed by atoms with Gasteiger partial charge in [-0.3, -0.25) is 4.79 Å². The first-order valence-corrected chi connectivity index (χ1v) is 8.42. The Balaban J connectivity index is 2.01. The lowest BCUT2D eigenvalue weighted by atomic mass is 9.91. The van der Waals surface area contributed by atoms with Crippen LogP contribution in [0.4, 0.5) is 10.1 Å². The second-order valence-corrected chi connectivity index (χ2v) is 6.30. The minimum Gasteiger partial charge on any atom is -0.478 e. The van der Waals surface area contributed by atoms with Crippen molar-refractivity contribution in [3.63, 3.8) is 0 Å². The van der Waals surface area contributed by atoms with E-state index in [1.54, 1.807) is 36.4 Å². The van der Waals surface area contributed by atoms with Crippen molar-refractivity contribution in [3.8, 4) is 0 Å². The van der Waals surface area contributed by atoms with Crippen LogP contribution in [0.15, 0.2) is 48.5 Å². The molecule has 0 aliphatic heterocycles. The number of carbonyl (C=O) groups is 2. The molecule has 0 saturated heterocycles. The first-order chi connectivity index (χ1) is 12.1. The van der Waals surface area contributed by atoms with Gasteiger partial charge in [-0.25, -0.2) is 9.18 Å². The third-order valence-corrected chi connectivity index (χ3v) is 4.61. The number of carboxylic acid groups (broad SMARTS) is 1. The molecular weight excluding hydrogens is 321 g/mol. The molecule has 1 N–H and O–H groups in total. The molecule has 1 aliphatic rings. The number of ketones is 1. The number of halogens is 1. The lowest BCUT2D eigenvalue weighted by Gasteiger charge is -2.36. The second-order valence-electron chi connectivity index (χ2n) is 6.30. The Morgan fingerprint density at radius 2 is 1.84 bits per heavy atom. The number of Topliss-reactive ketones (excluding diaryl/α,β-unsaturated/α-hetero) is 1. The fourth-order valence-electron chi connectivity index (χ4n) is 3.35. The van der Waals surface area contributed by atoms with E-state index < -0.39 is 5.97 Å². The fourth-order valence-corrected chi connectivity index (χ4v) is 3.35. The van der Waals surface area contributed by atoms with Crippen molar-refractivity contribution in [1.82, 2.24) is 0 Å². The van der Waals surface area contributed by atoms with Crippen LogP contribution in [0.25, 0.3) is 0 Å². The number of nitrogens with zero attached hydrogens (tertiary/aromatic N) is 1.